The topological polar surface area (TPSA) is 50.2 Å². The molecule has 2 heterocycles. The van der Waals surface area contributed by atoms with Gasteiger partial charge in [-0.2, -0.15) is 5.10 Å². The van der Waals surface area contributed by atoms with E-state index in [0.29, 0.717) is 11.6 Å². The Morgan fingerprint density at radius 3 is 2.83 bits per heavy atom. The molecule has 0 bridgehead atoms. The largest absolute Gasteiger partial charge is 0.350 e. The van der Waals surface area contributed by atoms with Crippen molar-refractivity contribution in [1.29, 1.82) is 0 Å². The smallest absolute Gasteiger partial charge is 0.272 e. The number of hydrogen-bond acceptors (Lipinski definition) is 3. The highest BCUT2D eigenvalue weighted by atomic mass is 16.2. The van der Waals surface area contributed by atoms with Crippen molar-refractivity contribution in [2.45, 2.75) is 26.2 Å². The summed E-state index contributed by atoms with van der Waals surface area (Å²) in [5.41, 5.74) is 5.23. The number of likely N-dealkylation sites (tertiary alicyclic amines) is 1. The van der Waals surface area contributed by atoms with Crippen molar-refractivity contribution in [3.8, 4) is 5.69 Å². The molecule has 4 rings (SSSR count). The van der Waals surface area contributed by atoms with Crippen molar-refractivity contribution in [3.05, 3.63) is 46.8 Å². The predicted octanol–water partition coefficient (Wildman–Crippen LogP) is 1.96. The van der Waals surface area contributed by atoms with Gasteiger partial charge in [0, 0.05) is 36.8 Å². The highest BCUT2D eigenvalue weighted by molar-refractivity contribution is 5.94. The fourth-order valence-corrected chi connectivity index (χ4v) is 3.90. The zero-order chi connectivity index (χ0) is 16.7. The Morgan fingerprint density at radius 1 is 1.29 bits per heavy atom. The summed E-state index contributed by atoms with van der Waals surface area (Å²) in [7, 11) is 2.11. The van der Waals surface area contributed by atoms with Crippen molar-refractivity contribution in [2.24, 2.45) is 5.92 Å². The minimum atomic E-state index is -0.0185. The van der Waals surface area contributed by atoms with Gasteiger partial charge in [0.15, 0.2) is 5.69 Å². The molecule has 24 heavy (non-hydrogen) atoms. The van der Waals surface area contributed by atoms with Crippen molar-refractivity contribution in [3.63, 3.8) is 0 Å². The van der Waals surface area contributed by atoms with Crippen LogP contribution in [0.3, 0.4) is 0 Å². The normalized spacial score (nSPS) is 17.6. The number of fused-ring (bicyclic) bond motifs is 1. The maximum atomic E-state index is 12.7. The van der Waals surface area contributed by atoms with Gasteiger partial charge in [-0.3, -0.25) is 4.79 Å². The minimum Gasteiger partial charge on any atom is -0.350 e. The van der Waals surface area contributed by atoms with Crippen LogP contribution in [0.5, 0.6) is 0 Å². The monoisotopic (exact) mass is 324 g/mol. The molecule has 1 aromatic carbocycles. The molecular formula is C19H24N4O. The Bertz CT molecular complexity index is 774. The van der Waals surface area contributed by atoms with Gasteiger partial charge in [0.25, 0.3) is 5.91 Å². The zero-order valence-corrected chi connectivity index (χ0v) is 14.4. The van der Waals surface area contributed by atoms with Crippen LogP contribution in [0.1, 0.15) is 33.7 Å². The van der Waals surface area contributed by atoms with E-state index in [4.69, 9.17) is 5.10 Å². The highest BCUT2D eigenvalue weighted by Gasteiger charge is 2.29. The van der Waals surface area contributed by atoms with Crippen LogP contribution in [0.4, 0.5) is 0 Å². The third kappa shape index (κ3) is 2.63. The van der Waals surface area contributed by atoms with Gasteiger partial charge in [-0.15, -0.1) is 0 Å². The molecule has 1 saturated heterocycles. The second kappa shape index (κ2) is 6.06. The van der Waals surface area contributed by atoms with Gasteiger partial charge >= 0.3 is 0 Å². The summed E-state index contributed by atoms with van der Waals surface area (Å²) in [5, 5.41) is 7.78. The average Bonchev–Trinajstić information content (AvgIpc) is 3.13. The second-order valence-corrected chi connectivity index (χ2v) is 7.12. The summed E-state index contributed by atoms with van der Waals surface area (Å²) in [6.45, 7) is 4.96. The van der Waals surface area contributed by atoms with Gasteiger partial charge in [0.1, 0.15) is 0 Å². The van der Waals surface area contributed by atoms with E-state index in [1.165, 1.54) is 11.3 Å². The van der Waals surface area contributed by atoms with Crippen LogP contribution in [-0.2, 0) is 12.8 Å². The molecule has 1 fully saturated rings. The fourth-order valence-electron chi connectivity index (χ4n) is 3.90. The first kappa shape index (κ1) is 15.4. The van der Waals surface area contributed by atoms with Crippen LogP contribution in [-0.4, -0.2) is 47.3 Å². The predicted molar refractivity (Wildman–Crippen MR) is 93.6 cm³/mol. The maximum absolute atomic E-state index is 12.7. The number of para-hydroxylation sites is 1. The number of aryl methyl sites for hydroxylation is 1. The van der Waals surface area contributed by atoms with Gasteiger partial charge in [0.2, 0.25) is 0 Å². The Hall–Kier alpha value is -2.14. The Kier molecular flexibility index (Phi) is 3.88. The third-order valence-electron chi connectivity index (χ3n) is 5.18. The van der Waals surface area contributed by atoms with Gasteiger partial charge < -0.3 is 10.2 Å². The van der Waals surface area contributed by atoms with Gasteiger partial charge in [0.05, 0.1) is 5.69 Å². The van der Waals surface area contributed by atoms with Crippen molar-refractivity contribution < 1.29 is 4.79 Å². The number of nitrogens with one attached hydrogen (secondary N) is 1. The molecule has 0 atom stereocenters. The van der Waals surface area contributed by atoms with Crippen molar-refractivity contribution in [2.75, 3.05) is 26.7 Å². The summed E-state index contributed by atoms with van der Waals surface area (Å²) in [6, 6.07) is 8.22. The summed E-state index contributed by atoms with van der Waals surface area (Å²) >= 11 is 0. The first-order valence-electron chi connectivity index (χ1n) is 8.77. The molecule has 2 aliphatic rings. The van der Waals surface area contributed by atoms with E-state index in [1.54, 1.807) is 0 Å². The number of rotatable bonds is 4. The molecule has 1 N–H and O–H groups in total. The molecule has 2 aromatic rings. The lowest BCUT2D eigenvalue weighted by Crippen LogP contribution is -2.49. The van der Waals surface area contributed by atoms with E-state index in [1.807, 2.05) is 16.8 Å². The van der Waals surface area contributed by atoms with Crippen LogP contribution in [0, 0.1) is 12.8 Å². The minimum absolute atomic E-state index is 0.0185. The van der Waals surface area contributed by atoms with Gasteiger partial charge in [-0.1, -0.05) is 18.2 Å². The molecule has 0 spiro atoms. The van der Waals surface area contributed by atoms with Crippen LogP contribution in [0.2, 0.25) is 0 Å². The standard InChI is InChI=1S/C19H24N4O/c1-13-6-3-4-8-16(13)23-17-9-5-7-15(17)18(21-23)19(24)20-10-14-11-22(2)12-14/h3-4,6,8,14H,5,7,9-12H2,1-2H3,(H,20,24). The number of amides is 1. The third-order valence-corrected chi connectivity index (χ3v) is 5.18. The molecule has 126 valence electrons. The molecular weight excluding hydrogens is 300 g/mol. The van der Waals surface area contributed by atoms with Crippen LogP contribution < -0.4 is 5.32 Å². The molecule has 1 amide bonds. The lowest BCUT2D eigenvalue weighted by molar-refractivity contribution is 0.0892. The molecule has 0 radical (unpaired) electrons. The second-order valence-electron chi connectivity index (χ2n) is 7.12. The summed E-state index contributed by atoms with van der Waals surface area (Å²) < 4.78 is 1.99. The van der Waals surface area contributed by atoms with Gasteiger partial charge in [-0.05, 0) is 44.9 Å². The number of hydrogen-bond donors (Lipinski definition) is 1. The Balaban J connectivity index is 1.59. The van der Waals surface area contributed by atoms with Crippen molar-refractivity contribution >= 4 is 5.91 Å². The van der Waals surface area contributed by atoms with E-state index in [9.17, 15) is 4.79 Å². The lowest BCUT2D eigenvalue weighted by Gasteiger charge is -2.36. The van der Waals surface area contributed by atoms with Crippen molar-refractivity contribution in [1.82, 2.24) is 20.0 Å². The molecule has 0 unspecified atom stereocenters. The van der Waals surface area contributed by atoms with Crippen LogP contribution >= 0.6 is 0 Å². The Morgan fingerprint density at radius 2 is 2.08 bits per heavy atom. The molecule has 0 saturated carbocycles. The SMILES string of the molecule is Cc1ccccc1-n1nc(C(=O)NCC2CN(C)C2)c2c1CCC2. The fraction of sp³-hybridized carbons (Fsp3) is 0.474. The highest BCUT2D eigenvalue weighted by Crippen LogP contribution is 2.28. The summed E-state index contributed by atoms with van der Waals surface area (Å²) in [4.78, 5) is 14.9. The van der Waals surface area contributed by atoms with E-state index in [2.05, 4.69) is 36.3 Å². The quantitative estimate of drug-likeness (QED) is 0.935. The van der Waals surface area contributed by atoms with E-state index >= 15 is 0 Å². The molecule has 1 aliphatic heterocycles. The maximum Gasteiger partial charge on any atom is 0.272 e. The van der Waals surface area contributed by atoms with E-state index in [0.717, 1.165) is 50.1 Å². The van der Waals surface area contributed by atoms with E-state index in [-0.39, 0.29) is 5.91 Å². The average molecular weight is 324 g/mol. The number of carbonyl (C=O) groups is 1. The molecule has 5 nitrogen and oxygen atoms in total. The number of nitrogens with zero attached hydrogens (tertiary/aromatic N) is 3. The van der Waals surface area contributed by atoms with Gasteiger partial charge in [-0.25, -0.2) is 4.68 Å². The first-order valence-corrected chi connectivity index (χ1v) is 8.77. The van der Waals surface area contributed by atoms with Crippen LogP contribution in [0.15, 0.2) is 24.3 Å². The molecule has 1 aliphatic carbocycles. The first-order chi connectivity index (χ1) is 11.6. The number of benzene rings is 1. The molecule has 5 heteroatoms. The lowest BCUT2D eigenvalue weighted by atomic mass is 10.0. The van der Waals surface area contributed by atoms with Crippen LogP contribution in [0.25, 0.3) is 5.69 Å². The van der Waals surface area contributed by atoms with E-state index < -0.39 is 0 Å². The number of carbonyl (C=O) groups excluding carboxylic acids is 1. The number of aromatic nitrogens is 2. The zero-order valence-electron chi connectivity index (χ0n) is 14.4. The summed E-state index contributed by atoms with van der Waals surface area (Å²) in [6.07, 6.45) is 3.06. The Labute approximate surface area is 142 Å². The molecule has 1 aromatic heterocycles. The summed E-state index contributed by atoms with van der Waals surface area (Å²) in [5.74, 6) is 0.556.